The van der Waals surface area contributed by atoms with Crippen LogP contribution in [0.2, 0.25) is 0 Å². The summed E-state index contributed by atoms with van der Waals surface area (Å²) in [4.78, 5) is 14.1. The number of amides is 1. The molecular weight excluding hydrogens is 243 g/mol. The Bertz CT molecular complexity index is 450. The average molecular weight is 264 g/mol. The molecule has 2 atom stereocenters. The van der Waals surface area contributed by atoms with Gasteiger partial charge in [-0.3, -0.25) is 4.79 Å². The third-order valence-corrected chi connectivity index (χ3v) is 3.84. The zero-order valence-electron chi connectivity index (χ0n) is 11.3. The molecule has 0 radical (unpaired) electrons. The molecule has 0 bridgehead atoms. The first-order valence-corrected chi connectivity index (χ1v) is 6.84. The first kappa shape index (κ1) is 14.0. The highest BCUT2D eigenvalue weighted by atomic mass is 19.1. The molecule has 4 heteroatoms. The summed E-state index contributed by atoms with van der Waals surface area (Å²) in [6.45, 7) is 4.02. The van der Waals surface area contributed by atoms with Crippen molar-refractivity contribution < 1.29 is 9.18 Å². The van der Waals surface area contributed by atoms with E-state index in [1.54, 1.807) is 18.2 Å². The molecule has 1 aromatic carbocycles. The van der Waals surface area contributed by atoms with E-state index < -0.39 is 0 Å². The minimum absolute atomic E-state index is 0.110. The van der Waals surface area contributed by atoms with Crippen molar-refractivity contribution in [3.05, 3.63) is 35.6 Å². The fourth-order valence-corrected chi connectivity index (χ4v) is 2.62. The van der Waals surface area contributed by atoms with Crippen LogP contribution in [0.1, 0.15) is 18.9 Å². The fourth-order valence-electron chi connectivity index (χ4n) is 2.62. The van der Waals surface area contributed by atoms with Crippen molar-refractivity contribution >= 4 is 5.91 Å². The second kappa shape index (κ2) is 6.15. The van der Waals surface area contributed by atoms with Crippen LogP contribution in [0.15, 0.2) is 24.3 Å². The van der Waals surface area contributed by atoms with E-state index >= 15 is 0 Å². The Morgan fingerprint density at radius 3 is 2.89 bits per heavy atom. The Morgan fingerprint density at radius 1 is 1.53 bits per heavy atom. The maximum Gasteiger partial charge on any atom is 0.225 e. The largest absolute Gasteiger partial charge is 0.342 e. The molecule has 0 unspecified atom stereocenters. The predicted molar refractivity (Wildman–Crippen MR) is 73.0 cm³/mol. The van der Waals surface area contributed by atoms with Gasteiger partial charge in [-0.2, -0.15) is 0 Å². The Labute approximate surface area is 113 Å². The van der Waals surface area contributed by atoms with Gasteiger partial charge in [-0.25, -0.2) is 4.39 Å². The van der Waals surface area contributed by atoms with Crippen LogP contribution in [0.5, 0.6) is 0 Å². The maximum absolute atomic E-state index is 13.6. The molecule has 1 fully saturated rings. The fraction of sp³-hybridized carbons (Fsp3) is 0.533. The van der Waals surface area contributed by atoms with Gasteiger partial charge >= 0.3 is 0 Å². The Balaban J connectivity index is 1.95. The molecule has 2 rings (SSSR count). The van der Waals surface area contributed by atoms with E-state index in [0.717, 1.165) is 19.5 Å². The molecular formula is C15H21FN2O. The van der Waals surface area contributed by atoms with Crippen molar-refractivity contribution in [3.63, 3.8) is 0 Å². The minimum atomic E-state index is -0.233. The van der Waals surface area contributed by atoms with E-state index in [1.165, 1.54) is 6.07 Å². The summed E-state index contributed by atoms with van der Waals surface area (Å²) in [6, 6.07) is 6.65. The van der Waals surface area contributed by atoms with Crippen LogP contribution in [-0.2, 0) is 11.2 Å². The van der Waals surface area contributed by atoms with Gasteiger partial charge in [0.2, 0.25) is 5.91 Å². The summed E-state index contributed by atoms with van der Waals surface area (Å²) < 4.78 is 13.6. The number of likely N-dealkylation sites (tertiary alicyclic amines) is 1. The Kier molecular flexibility index (Phi) is 4.53. The monoisotopic (exact) mass is 264 g/mol. The maximum atomic E-state index is 13.6. The van der Waals surface area contributed by atoms with Crippen LogP contribution in [0.25, 0.3) is 0 Å². The Morgan fingerprint density at radius 2 is 2.26 bits per heavy atom. The van der Waals surface area contributed by atoms with E-state index in [4.69, 9.17) is 5.73 Å². The van der Waals surface area contributed by atoms with Crippen LogP contribution in [0, 0.1) is 17.7 Å². The number of carbonyl (C=O) groups excluding carboxylic acids is 1. The molecule has 1 aliphatic heterocycles. The van der Waals surface area contributed by atoms with Gasteiger partial charge in [0.15, 0.2) is 0 Å². The zero-order chi connectivity index (χ0) is 13.8. The third-order valence-electron chi connectivity index (χ3n) is 3.84. The standard InChI is InChI=1S/C15H21FN2O/c1-11(8-13-4-2-3-5-14(13)16)15(19)18-7-6-12(9-17)10-18/h2-5,11-12H,6-10,17H2,1H3/t11-,12-/m0/s1. The van der Waals surface area contributed by atoms with Crippen molar-refractivity contribution in [2.45, 2.75) is 19.8 Å². The molecule has 0 spiro atoms. The van der Waals surface area contributed by atoms with Gasteiger partial charge in [0.1, 0.15) is 5.82 Å². The van der Waals surface area contributed by atoms with E-state index in [1.807, 2.05) is 11.8 Å². The van der Waals surface area contributed by atoms with Gasteiger partial charge in [-0.15, -0.1) is 0 Å². The van der Waals surface area contributed by atoms with Gasteiger partial charge in [-0.1, -0.05) is 25.1 Å². The lowest BCUT2D eigenvalue weighted by Gasteiger charge is -2.21. The molecule has 1 amide bonds. The molecule has 1 heterocycles. The molecule has 2 N–H and O–H groups in total. The minimum Gasteiger partial charge on any atom is -0.342 e. The molecule has 1 aromatic rings. The van der Waals surface area contributed by atoms with Crippen LogP contribution >= 0.6 is 0 Å². The van der Waals surface area contributed by atoms with Crippen molar-refractivity contribution in [1.82, 2.24) is 4.90 Å². The van der Waals surface area contributed by atoms with Crippen molar-refractivity contribution in [1.29, 1.82) is 0 Å². The number of benzene rings is 1. The van der Waals surface area contributed by atoms with Crippen LogP contribution in [-0.4, -0.2) is 30.4 Å². The van der Waals surface area contributed by atoms with Gasteiger partial charge in [-0.05, 0) is 36.9 Å². The topological polar surface area (TPSA) is 46.3 Å². The van der Waals surface area contributed by atoms with Gasteiger partial charge in [0.25, 0.3) is 0 Å². The summed E-state index contributed by atoms with van der Waals surface area (Å²) in [6.07, 6.45) is 1.43. The highest BCUT2D eigenvalue weighted by Crippen LogP contribution is 2.20. The lowest BCUT2D eigenvalue weighted by molar-refractivity contribution is -0.134. The van der Waals surface area contributed by atoms with Crippen molar-refractivity contribution in [2.24, 2.45) is 17.6 Å². The quantitative estimate of drug-likeness (QED) is 0.901. The summed E-state index contributed by atoms with van der Waals surface area (Å²) >= 11 is 0. The lowest BCUT2D eigenvalue weighted by atomic mass is 9.99. The normalized spacial score (nSPS) is 20.6. The summed E-state index contributed by atoms with van der Waals surface area (Å²) in [5.74, 6) is 0.112. The number of halogens is 1. The lowest BCUT2D eigenvalue weighted by Crippen LogP contribution is -2.34. The second-order valence-electron chi connectivity index (χ2n) is 5.37. The molecule has 1 saturated heterocycles. The van der Waals surface area contributed by atoms with Crippen LogP contribution in [0.3, 0.4) is 0 Å². The summed E-state index contributed by atoms with van der Waals surface area (Å²) in [5.41, 5.74) is 6.24. The van der Waals surface area contributed by atoms with E-state index in [2.05, 4.69) is 0 Å². The molecule has 0 saturated carbocycles. The number of nitrogens with zero attached hydrogens (tertiary/aromatic N) is 1. The smallest absolute Gasteiger partial charge is 0.225 e. The molecule has 19 heavy (non-hydrogen) atoms. The molecule has 1 aliphatic rings. The zero-order valence-corrected chi connectivity index (χ0v) is 11.3. The number of carbonyl (C=O) groups is 1. The summed E-state index contributed by atoms with van der Waals surface area (Å²) in [7, 11) is 0. The van der Waals surface area contributed by atoms with Gasteiger partial charge in [0.05, 0.1) is 0 Å². The van der Waals surface area contributed by atoms with E-state index in [0.29, 0.717) is 24.4 Å². The molecule has 104 valence electrons. The van der Waals surface area contributed by atoms with E-state index in [-0.39, 0.29) is 17.6 Å². The molecule has 0 aliphatic carbocycles. The van der Waals surface area contributed by atoms with E-state index in [9.17, 15) is 9.18 Å². The number of rotatable bonds is 4. The highest BCUT2D eigenvalue weighted by Gasteiger charge is 2.28. The summed E-state index contributed by atoms with van der Waals surface area (Å²) in [5, 5.41) is 0. The second-order valence-corrected chi connectivity index (χ2v) is 5.37. The predicted octanol–water partition coefficient (Wildman–Crippen LogP) is 1.81. The Hall–Kier alpha value is -1.42. The SMILES string of the molecule is C[C@@H](Cc1ccccc1F)C(=O)N1CC[C@@H](CN)C1. The molecule has 0 aromatic heterocycles. The van der Waals surface area contributed by atoms with Gasteiger partial charge in [0, 0.05) is 19.0 Å². The van der Waals surface area contributed by atoms with Crippen molar-refractivity contribution in [2.75, 3.05) is 19.6 Å². The van der Waals surface area contributed by atoms with Gasteiger partial charge < -0.3 is 10.6 Å². The highest BCUT2D eigenvalue weighted by molar-refractivity contribution is 5.79. The molecule has 3 nitrogen and oxygen atoms in total. The number of hydrogen-bond donors (Lipinski definition) is 1. The number of nitrogens with two attached hydrogens (primary N) is 1. The number of hydrogen-bond acceptors (Lipinski definition) is 2. The van der Waals surface area contributed by atoms with Crippen LogP contribution in [0.4, 0.5) is 4.39 Å². The van der Waals surface area contributed by atoms with Crippen LogP contribution < -0.4 is 5.73 Å². The first-order chi connectivity index (χ1) is 9.11. The third kappa shape index (κ3) is 3.32. The first-order valence-electron chi connectivity index (χ1n) is 6.84. The van der Waals surface area contributed by atoms with Crippen molar-refractivity contribution in [3.8, 4) is 0 Å². The average Bonchev–Trinajstić information content (AvgIpc) is 2.89.